The Hall–Kier alpha value is -1.83. The Kier molecular flexibility index (Phi) is 4.18. The summed E-state index contributed by atoms with van der Waals surface area (Å²) in [6, 6.07) is 9.70. The molecule has 1 fully saturated rings. The van der Waals surface area contributed by atoms with Crippen molar-refractivity contribution in [1.82, 2.24) is 4.72 Å². The number of furan rings is 1. The number of aliphatic hydroxyl groups is 1. The fourth-order valence-electron chi connectivity index (χ4n) is 2.64. The Morgan fingerprint density at radius 3 is 2.65 bits per heavy atom. The van der Waals surface area contributed by atoms with Gasteiger partial charge in [-0.15, -0.1) is 0 Å². The van der Waals surface area contributed by atoms with Gasteiger partial charge in [-0.2, -0.15) is 0 Å². The van der Waals surface area contributed by atoms with Gasteiger partial charge in [-0.1, -0.05) is 12.1 Å². The summed E-state index contributed by atoms with van der Waals surface area (Å²) < 4.78 is 38.0. The van der Waals surface area contributed by atoms with E-state index in [0.717, 1.165) is 12.8 Å². The van der Waals surface area contributed by atoms with Gasteiger partial charge in [-0.3, -0.25) is 0 Å². The highest BCUT2D eigenvalue weighted by atomic mass is 32.2. The second kappa shape index (κ2) is 5.99. The number of nitrogens with one attached hydrogen (secondary N) is 1. The van der Waals surface area contributed by atoms with Crippen LogP contribution >= 0.6 is 0 Å². The van der Waals surface area contributed by atoms with Crippen LogP contribution in [0, 0.1) is 5.92 Å². The van der Waals surface area contributed by atoms with Crippen LogP contribution in [0.2, 0.25) is 0 Å². The summed E-state index contributed by atoms with van der Waals surface area (Å²) in [5.74, 6) is 0.629. The van der Waals surface area contributed by atoms with Crippen LogP contribution in [0.1, 0.15) is 18.6 Å². The second-order valence-electron chi connectivity index (χ2n) is 5.65. The molecule has 0 unspecified atom stereocenters. The minimum Gasteiger partial charge on any atom is -0.495 e. The maximum Gasteiger partial charge on any atom is 0.244 e. The lowest BCUT2D eigenvalue weighted by atomic mass is 9.95. The normalized spacial score (nSPS) is 17.7. The molecule has 1 aromatic carbocycles. The lowest BCUT2D eigenvalue weighted by Gasteiger charge is -2.26. The summed E-state index contributed by atoms with van der Waals surface area (Å²) in [7, 11) is -2.40. The topological polar surface area (TPSA) is 88.8 Å². The van der Waals surface area contributed by atoms with Gasteiger partial charge in [0.05, 0.1) is 13.4 Å². The van der Waals surface area contributed by atoms with E-state index >= 15 is 0 Å². The molecule has 2 N–H and O–H groups in total. The molecular weight excluding hydrogens is 318 g/mol. The van der Waals surface area contributed by atoms with Crippen LogP contribution in [0.4, 0.5) is 0 Å². The average Bonchev–Trinajstić information content (AvgIpc) is 3.27. The average molecular weight is 337 g/mol. The molecule has 23 heavy (non-hydrogen) atoms. The first kappa shape index (κ1) is 16.0. The van der Waals surface area contributed by atoms with Crippen molar-refractivity contribution >= 4 is 10.0 Å². The fourth-order valence-corrected chi connectivity index (χ4v) is 3.88. The maximum atomic E-state index is 12.5. The van der Waals surface area contributed by atoms with Crippen LogP contribution in [0.3, 0.4) is 0 Å². The third kappa shape index (κ3) is 3.12. The molecule has 6 nitrogen and oxygen atoms in total. The number of methoxy groups -OCH3 is 1. The predicted octanol–water partition coefficient (Wildman–Crippen LogP) is 1.86. The molecule has 1 atom stereocenters. The Balaban J connectivity index is 1.83. The zero-order valence-corrected chi connectivity index (χ0v) is 13.5. The summed E-state index contributed by atoms with van der Waals surface area (Å²) >= 11 is 0. The van der Waals surface area contributed by atoms with E-state index in [-0.39, 0.29) is 23.1 Å². The summed E-state index contributed by atoms with van der Waals surface area (Å²) in [4.78, 5) is 0.0418. The molecule has 0 amide bonds. The summed E-state index contributed by atoms with van der Waals surface area (Å²) in [6.45, 7) is -0.147. The van der Waals surface area contributed by atoms with Crippen LogP contribution in [-0.2, 0) is 15.6 Å². The molecule has 1 aromatic heterocycles. The first-order valence-electron chi connectivity index (χ1n) is 7.36. The number of para-hydroxylation sites is 1. The van der Waals surface area contributed by atoms with E-state index in [1.165, 1.54) is 19.4 Å². The molecule has 2 aromatic rings. The van der Waals surface area contributed by atoms with E-state index in [1.807, 2.05) is 0 Å². The smallest absolute Gasteiger partial charge is 0.244 e. The van der Waals surface area contributed by atoms with Crippen molar-refractivity contribution in [1.29, 1.82) is 0 Å². The minimum absolute atomic E-state index is 0.00554. The number of rotatable bonds is 7. The van der Waals surface area contributed by atoms with Crippen molar-refractivity contribution in [2.45, 2.75) is 23.3 Å². The molecule has 1 heterocycles. The van der Waals surface area contributed by atoms with Gasteiger partial charge < -0.3 is 14.3 Å². The number of hydrogen-bond acceptors (Lipinski definition) is 5. The molecule has 1 saturated carbocycles. The van der Waals surface area contributed by atoms with Gasteiger partial charge in [0.25, 0.3) is 0 Å². The van der Waals surface area contributed by atoms with E-state index in [9.17, 15) is 13.5 Å². The SMILES string of the molecule is COc1ccccc1S(=O)(=O)NC[C@@](O)(c1ccco1)C1CC1. The maximum absolute atomic E-state index is 12.5. The van der Waals surface area contributed by atoms with Gasteiger partial charge >= 0.3 is 0 Å². The third-order valence-corrected chi connectivity index (χ3v) is 5.53. The van der Waals surface area contributed by atoms with Crippen molar-refractivity contribution in [3.05, 3.63) is 48.4 Å². The van der Waals surface area contributed by atoms with Gasteiger partial charge in [-0.25, -0.2) is 13.1 Å². The molecule has 124 valence electrons. The minimum atomic E-state index is -3.81. The van der Waals surface area contributed by atoms with Gasteiger partial charge in [0.15, 0.2) is 0 Å². The molecule has 1 aliphatic rings. The highest BCUT2D eigenvalue weighted by molar-refractivity contribution is 7.89. The van der Waals surface area contributed by atoms with Crippen LogP contribution in [0.25, 0.3) is 0 Å². The van der Waals surface area contributed by atoms with Crippen LogP contribution in [0.5, 0.6) is 5.75 Å². The summed E-state index contributed by atoms with van der Waals surface area (Å²) in [5.41, 5.74) is -1.33. The predicted molar refractivity (Wildman–Crippen MR) is 83.5 cm³/mol. The molecule has 0 spiro atoms. The van der Waals surface area contributed by atoms with E-state index in [2.05, 4.69) is 4.72 Å². The van der Waals surface area contributed by atoms with Crippen molar-refractivity contribution < 1.29 is 22.7 Å². The van der Waals surface area contributed by atoms with Crippen molar-refractivity contribution in [3.8, 4) is 5.75 Å². The highest BCUT2D eigenvalue weighted by Crippen LogP contribution is 2.45. The van der Waals surface area contributed by atoms with Crippen LogP contribution < -0.4 is 9.46 Å². The molecule has 1 aliphatic carbocycles. The Labute approximate surface area is 135 Å². The number of ether oxygens (including phenoxy) is 1. The molecular formula is C16H19NO5S. The van der Waals surface area contributed by atoms with Gasteiger partial charge in [0, 0.05) is 6.54 Å². The summed E-state index contributed by atoms with van der Waals surface area (Å²) in [5, 5.41) is 10.9. The second-order valence-corrected chi connectivity index (χ2v) is 7.39. The Morgan fingerprint density at radius 2 is 2.04 bits per heavy atom. The fraction of sp³-hybridized carbons (Fsp3) is 0.375. The van der Waals surface area contributed by atoms with E-state index in [0.29, 0.717) is 5.76 Å². The van der Waals surface area contributed by atoms with Crippen molar-refractivity contribution in [2.24, 2.45) is 5.92 Å². The standard InChI is InChI=1S/C16H19NO5S/c1-21-13-5-2-3-6-14(13)23(19,20)17-11-16(18,12-8-9-12)15-7-4-10-22-15/h2-7,10,12,17-18H,8-9,11H2,1H3/t16-/m0/s1. The van der Waals surface area contributed by atoms with Gasteiger partial charge in [0.2, 0.25) is 10.0 Å². The molecule has 0 bridgehead atoms. The largest absolute Gasteiger partial charge is 0.495 e. The molecule has 0 aliphatic heterocycles. The van der Waals surface area contributed by atoms with E-state index < -0.39 is 15.6 Å². The lowest BCUT2D eigenvalue weighted by molar-refractivity contribution is -0.00225. The number of benzene rings is 1. The molecule has 7 heteroatoms. The monoisotopic (exact) mass is 337 g/mol. The Bertz CT molecular complexity index is 768. The number of sulfonamides is 1. The lowest BCUT2D eigenvalue weighted by Crippen LogP contribution is -2.42. The quantitative estimate of drug-likeness (QED) is 0.805. The molecule has 3 rings (SSSR count). The number of hydrogen-bond donors (Lipinski definition) is 2. The first-order valence-corrected chi connectivity index (χ1v) is 8.85. The van der Waals surface area contributed by atoms with Gasteiger partial charge in [-0.05, 0) is 43.0 Å². The third-order valence-electron chi connectivity index (χ3n) is 4.09. The molecule has 0 radical (unpaired) electrons. The zero-order valence-electron chi connectivity index (χ0n) is 12.7. The van der Waals surface area contributed by atoms with Crippen LogP contribution in [-0.4, -0.2) is 27.2 Å². The Morgan fingerprint density at radius 1 is 1.30 bits per heavy atom. The highest BCUT2D eigenvalue weighted by Gasteiger charge is 2.47. The van der Waals surface area contributed by atoms with E-state index in [4.69, 9.17) is 9.15 Å². The van der Waals surface area contributed by atoms with Crippen molar-refractivity contribution in [3.63, 3.8) is 0 Å². The van der Waals surface area contributed by atoms with E-state index in [1.54, 1.807) is 30.3 Å². The zero-order chi connectivity index (χ0) is 16.5. The molecule has 0 saturated heterocycles. The first-order chi connectivity index (χ1) is 11.0. The van der Waals surface area contributed by atoms with Crippen LogP contribution in [0.15, 0.2) is 52.0 Å². The van der Waals surface area contributed by atoms with Gasteiger partial charge in [0.1, 0.15) is 22.0 Å². The van der Waals surface area contributed by atoms with Crippen molar-refractivity contribution in [2.75, 3.05) is 13.7 Å². The summed E-state index contributed by atoms with van der Waals surface area (Å²) in [6.07, 6.45) is 3.15.